The predicted molar refractivity (Wildman–Crippen MR) is 95.6 cm³/mol. The number of nitrogens with one attached hydrogen (secondary N) is 2. The number of aromatic nitrogens is 1. The van der Waals surface area contributed by atoms with E-state index >= 15 is 0 Å². The normalized spacial score (nSPS) is 21.9. The Kier molecular flexibility index (Phi) is 4.07. The van der Waals surface area contributed by atoms with Crippen molar-refractivity contribution < 1.29 is 4.42 Å². The number of fused-ring (bicyclic) bond motifs is 1. The Labute approximate surface area is 147 Å². The minimum Gasteiger partial charge on any atom is -0.438 e. The number of thiophene rings is 1. The van der Waals surface area contributed by atoms with Gasteiger partial charge in [-0.1, -0.05) is 23.2 Å². The van der Waals surface area contributed by atoms with E-state index < -0.39 is 0 Å². The first-order valence-corrected chi connectivity index (χ1v) is 9.07. The topological polar surface area (TPSA) is 50.1 Å². The molecule has 0 bridgehead atoms. The molecule has 3 aromatic rings. The number of piperazine rings is 1. The van der Waals surface area contributed by atoms with Crippen LogP contribution in [0.5, 0.6) is 0 Å². The predicted octanol–water partition coefficient (Wildman–Crippen LogP) is 4.49. The van der Waals surface area contributed by atoms with Crippen LogP contribution < -0.4 is 10.6 Å². The fraction of sp³-hybridized carbons (Fsp3) is 0.312. The summed E-state index contributed by atoms with van der Waals surface area (Å²) in [5.41, 5.74) is 3.29. The average molecular weight is 368 g/mol. The van der Waals surface area contributed by atoms with Gasteiger partial charge < -0.3 is 15.1 Å². The van der Waals surface area contributed by atoms with Gasteiger partial charge in [0, 0.05) is 35.3 Å². The molecule has 3 heterocycles. The molecule has 0 aliphatic carbocycles. The molecule has 2 N–H and O–H groups in total. The van der Waals surface area contributed by atoms with Crippen molar-refractivity contribution in [3.05, 3.63) is 38.8 Å². The van der Waals surface area contributed by atoms with E-state index in [4.69, 9.17) is 27.6 Å². The van der Waals surface area contributed by atoms with Gasteiger partial charge in [-0.2, -0.15) is 0 Å². The van der Waals surface area contributed by atoms with Gasteiger partial charge in [-0.25, -0.2) is 4.98 Å². The smallest absolute Gasteiger partial charge is 0.214 e. The summed E-state index contributed by atoms with van der Waals surface area (Å²) in [6, 6.07) is 5.97. The van der Waals surface area contributed by atoms with E-state index in [0.717, 1.165) is 39.7 Å². The molecule has 2 aromatic heterocycles. The molecule has 2 atom stereocenters. The van der Waals surface area contributed by atoms with Gasteiger partial charge in [-0.05, 0) is 30.5 Å². The van der Waals surface area contributed by atoms with Crippen LogP contribution >= 0.6 is 34.5 Å². The second-order valence-corrected chi connectivity index (χ2v) is 7.59. The van der Waals surface area contributed by atoms with Crippen LogP contribution in [0.4, 0.5) is 0 Å². The highest BCUT2D eigenvalue weighted by Gasteiger charge is 2.27. The van der Waals surface area contributed by atoms with Gasteiger partial charge in [0.05, 0.1) is 6.04 Å². The van der Waals surface area contributed by atoms with E-state index in [9.17, 15) is 0 Å². The standard InChI is InChI=1S/C16H15Cl2N3OS/c1-8-13(20-4-3-19-8)16-21-12-7-9(17)6-11(14(12)22-16)10-2-5-23-15(10)18/h2,5-8,13,19-20H,3-4H2,1H3. The Hall–Kier alpha value is -1.11. The number of benzene rings is 1. The molecule has 120 valence electrons. The molecule has 1 aliphatic heterocycles. The zero-order valence-electron chi connectivity index (χ0n) is 12.4. The summed E-state index contributed by atoms with van der Waals surface area (Å²) >= 11 is 14.1. The second kappa shape index (κ2) is 6.07. The summed E-state index contributed by atoms with van der Waals surface area (Å²) in [5.74, 6) is 0.676. The van der Waals surface area contributed by atoms with Crippen LogP contribution in [0.2, 0.25) is 9.36 Å². The molecule has 23 heavy (non-hydrogen) atoms. The Morgan fingerprint density at radius 1 is 1.22 bits per heavy atom. The first-order valence-electron chi connectivity index (χ1n) is 7.43. The van der Waals surface area contributed by atoms with Crippen molar-refractivity contribution >= 4 is 45.6 Å². The monoisotopic (exact) mass is 367 g/mol. The largest absolute Gasteiger partial charge is 0.438 e. The summed E-state index contributed by atoms with van der Waals surface area (Å²) in [4.78, 5) is 4.65. The first-order chi connectivity index (χ1) is 11.1. The number of nitrogens with zero attached hydrogens (tertiary/aromatic N) is 1. The summed E-state index contributed by atoms with van der Waals surface area (Å²) in [7, 11) is 0. The SMILES string of the molecule is CC1NCCNC1c1nc2cc(Cl)cc(-c3ccsc3Cl)c2o1. The zero-order chi connectivity index (χ0) is 16.0. The second-order valence-electron chi connectivity index (χ2n) is 5.64. The van der Waals surface area contributed by atoms with Gasteiger partial charge in [0.15, 0.2) is 5.58 Å². The van der Waals surface area contributed by atoms with Crippen LogP contribution in [-0.2, 0) is 0 Å². The number of rotatable bonds is 2. The highest BCUT2D eigenvalue weighted by Crippen LogP contribution is 2.39. The lowest BCUT2D eigenvalue weighted by molar-refractivity contribution is 0.298. The molecule has 1 saturated heterocycles. The van der Waals surface area contributed by atoms with Gasteiger partial charge in [0.25, 0.3) is 0 Å². The van der Waals surface area contributed by atoms with Crippen LogP contribution in [0.3, 0.4) is 0 Å². The minimum atomic E-state index is 0.0423. The van der Waals surface area contributed by atoms with Crippen LogP contribution in [0.1, 0.15) is 18.9 Å². The maximum absolute atomic E-state index is 6.30. The molecule has 2 unspecified atom stereocenters. The molecule has 0 radical (unpaired) electrons. The quantitative estimate of drug-likeness (QED) is 0.700. The summed E-state index contributed by atoms with van der Waals surface area (Å²) < 4.78 is 6.84. The Morgan fingerprint density at radius 2 is 2.04 bits per heavy atom. The highest BCUT2D eigenvalue weighted by molar-refractivity contribution is 7.15. The molecule has 0 amide bonds. The molecule has 1 aromatic carbocycles. The molecule has 4 rings (SSSR count). The van der Waals surface area contributed by atoms with Crippen LogP contribution in [0.25, 0.3) is 22.2 Å². The fourth-order valence-corrected chi connectivity index (χ4v) is 4.12. The van der Waals surface area contributed by atoms with E-state index in [-0.39, 0.29) is 12.1 Å². The van der Waals surface area contributed by atoms with E-state index in [1.807, 2.05) is 23.6 Å². The van der Waals surface area contributed by atoms with E-state index in [1.54, 1.807) is 0 Å². The zero-order valence-corrected chi connectivity index (χ0v) is 14.7. The Bertz CT molecular complexity index is 860. The fourth-order valence-electron chi connectivity index (χ4n) is 2.96. The maximum Gasteiger partial charge on any atom is 0.214 e. The Morgan fingerprint density at radius 3 is 2.78 bits per heavy atom. The molecule has 0 spiro atoms. The van der Waals surface area contributed by atoms with Crippen molar-refractivity contribution in [1.82, 2.24) is 15.6 Å². The highest BCUT2D eigenvalue weighted by atomic mass is 35.5. The van der Waals surface area contributed by atoms with Gasteiger partial charge >= 0.3 is 0 Å². The minimum absolute atomic E-state index is 0.0423. The lowest BCUT2D eigenvalue weighted by atomic mass is 10.1. The van der Waals surface area contributed by atoms with Crippen molar-refractivity contribution in [1.29, 1.82) is 0 Å². The third kappa shape index (κ3) is 2.77. The number of halogens is 2. The number of hydrogen-bond donors (Lipinski definition) is 2. The average Bonchev–Trinajstić information content (AvgIpc) is 3.13. The summed E-state index contributed by atoms with van der Waals surface area (Å²) in [6.45, 7) is 3.95. The third-order valence-corrected chi connectivity index (χ3v) is 5.49. The molecule has 7 heteroatoms. The Balaban J connectivity index is 1.87. The lowest BCUT2D eigenvalue weighted by Crippen LogP contribution is -2.49. The van der Waals surface area contributed by atoms with Gasteiger partial charge in [0.1, 0.15) is 9.85 Å². The lowest BCUT2D eigenvalue weighted by Gasteiger charge is -2.28. The number of oxazole rings is 1. The van der Waals surface area contributed by atoms with E-state index in [1.165, 1.54) is 11.3 Å². The van der Waals surface area contributed by atoms with Crippen LogP contribution in [-0.4, -0.2) is 24.1 Å². The number of hydrogen-bond acceptors (Lipinski definition) is 5. The van der Waals surface area contributed by atoms with Crippen molar-refractivity contribution in [3.63, 3.8) is 0 Å². The van der Waals surface area contributed by atoms with Crippen LogP contribution in [0, 0.1) is 0 Å². The molecular weight excluding hydrogens is 353 g/mol. The van der Waals surface area contributed by atoms with Gasteiger partial charge in [-0.15, -0.1) is 11.3 Å². The molecule has 0 saturated carbocycles. The maximum atomic E-state index is 6.30. The molecule has 1 fully saturated rings. The van der Waals surface area contributed by atoms with Crippen molar-refractivity contribution in [2.45, 2.75) is 19.0 Å². The van der Waals surface area contributed by atoms with E-state index in [2.05, 4.69) is 22.5 Å². The van der Waals surface area contributed by atoms with Crippen molar-refractivity contribution in [3.8, 4) is 11.1 Å². The molecular formula is C16H15Cl2N3OS. The van der Waals surface area contributed by atoms with Gasteiger partial charge in [0.2, 0.25) is 5.89 Å². The third-order valence-electron chi connectivity index (χ3n) is 4.10. The first kappa shape index (κ1) is 15.4. The van der Waals surface area contributed by atoms with Crippen molar-refractivity contribution in [2.75, 3.05) is 13.1 Å². The van der Waals surface area contributed by atoms with Crippen LogP contribution in [0.15, 0.2) is 28.0 Å². The van der Waals surface area contributed by atoms with Gasteiger partial charge in [-0.3, -0.25) is 0 Å². The molecule has 1 aliphatic rings. The van der Waals surface area contributed by atoms with Crippen molar-refractivity contribution in [2.24, 2.45) is 0 Å². The molecule has 4 nitrogen and oxygen atoms in total. The van der Waals surface area contributed by atoms with E-state index in [0.29, 0.717) is 10.9 Å². The summed E-state index contributed by atoms with van der Waals surface area (Å²) in [6.07, 6.45) is 0. The summed E-state index contributed by atoms with van der Waals surface area (Å²) in [5, 5.41) is 9.46.